The van der Waals surface area contributed by atoms with Crippen molar-refractivity contribution in [2.24, 2.45) is 0 Å². The first-order valence-electron chi connectivity index (χ1n) is 6.99. The van der Waals surface area contributed by atoms with E-state index in [4.69, 9.17) is 9.84 Å². The van der Waals surface area contributed by atoms with Crippen LogP contribution < -0.4 is 5.32 Å². The number of amides is 1. The van der Waals surface area contributed by atoms with Crippen LogP contribution in [0.4, 0.5) is 0 Å². The Labute approximate surface area is 108 Å². The van der Waals surface area contributed by atoms with Gasteiger partial charge in [-0.2, -0.15) is 0 Å². The largest absolute Gasteiger partial charge is 0.395 e. The highest BCUT2D eigenvalue weighted by Gasteiger charge is 2.32. The van der Waals surface area contributed by atoms with E-state index >= 15 is 0 Å². The average Bonchev–Trinajstić information content (AvgIpc) is 2.99. The topological polar surface area (TPSA) is 61.8 Å². The van der Waals surface area contributed by atoms with Gasteiger partial charge in [0.2, 0.25) is 0 Å². The molecule has 0 radical (unpaired) electrons. The molecule has 2 N–H and O–H groups in total. The van der Waals surface area contributed by atoms with Gasteiger partial charge in [-0.1, -0.05) is 0 Å². The molecule has 0 aromatic heterocycles. The van der Waals surface area contributed by atoms with Crippen LogP contribution in [0.15, 0.2) is 0 Å². The zero-order valence-corrected chi connectivity index (χ0v) is 11.1. The fourth-order valence-electron chi connectivity index (χ4n) is 2.78. The van der Waals surface area contributed by atoms with Crippen molar-refractivity contribution in [2.75, 3.05) is 26.2 Å². The lowest BCUT2D eigenvalue weighted by Gasteiger charge is -2.27. The van der Waals surface area contributed by atoms with Gasteiger partial charge in [-0.05, 0) is 39.2 Å². The number of carbonyl (C=O) groups is 1. The van der Waals surface area contributed by atoms with Crippen molar-refractivity contribution >= 4 is 5.91 Å². The van der Waals surface area contributed by atoms with E-state index in [2.05, 4.69) is 5.32 Å². The number of hydrogen-bond acceptors (Lipinski definition) is 4. The van der Waals surface area contributed by atoms with Gasteiger partial charge in [0.1, 0.15) is 6.10 Å². The summed E-state index contributed by atoms with van der Waals surface area (Å²) in [6.07, 6.45) is 3.91. The minimum Gasteiger partial charge on any atom is -0.395 e. The maximum Gasteiger partial charge on any atom is 0.251 e. The number of hydrogen-bond donors (Lipinski definition) is 2. The van der Waals surface area contributed by atoms with Crippen LogP contribution in [-0.2, 0) is 9.53 Å². The minimum absolute atomic E-state index is 0.0146. The molecule has 0 aromatic rings. The van der Waals surface area contributed by atoms with Gasteiger partial charge in [0.25, 0.3) is 5.91 Å². The summed E-state index contributed by atoms with van der Waals surface area (Å²) in [4.78, 5) is 14.1. The Morgan fingerprint density at radius 1 is 1.44 bits per heavy atom. The van der Waals surface area contributed by atoms with E-state index in [9.17, 15) is 4.79 Å². The molecule has 2 heterocycles. The Balaban J connectivity index is 1.88. The lowest BCUT2D eigenvalue weighted by atomic mass is 10.1. The third-order valence-electron chi connectivity index (χ3n) is 3.79. The number of nitrogens with zero attached hydrogens (tertiary/aromatic N) is 1. The van der Waals surface area contributed by atoms with Gasteiger partial charge in [0.05, 0.1) is 12.7 Å². The van der Waals surface area contributed by atoms with E-state index in [0.717, 1.165) is 25.8 Å². The lowest BCUT2D eigenvalue weighted by Crippen LogP contribution is -2.46. The van der Waals surface area contributed by atoms with E-state index in [1.54, 1.807) is 4.90 Å². The first-order valence-corrected chi connectivity index (χ1v) is 6.99. The highest BCUT2D eigenvalue weighted by molar-refractivity contribution is 5.81. The van der Waals surface area contributed by atoms with Gasteiger partial charge in [-0.25, -0.2) is 0 Å². The Morgan fingerprint density at radius 2 is 2.28 bits per heavy atom. The predicted molar refractivity (Wildman–Crippen MR) is 68.3 cm³/mol. The third kappa shape index (κ3) is 3.43. The fourth-order valence-corrected chi connectivity index (χ4v) is 2.78. The van der Waals surface area contributed by atoms with Crippen molar-refractivity contribution < 1.29 is 14.6 Å². The molecule has 0 aromatic carbocycles. The zero-order valence-electron chi connectivity index (χ0n) is 11.1. The second-order valence-electron chi connectivity index (χ2n) is 5.31. The maximum atomic E-state index is 12.3. The molecule has 0 bridgehead atoms. The monoisotopic (exact) mass is 256 g/mol. The van der Waals surface area contributed by atoms with Gasteiger partial charge >= 0.3 is 0 Å². The van der Waals surface area contributed by atoms with E-state index < -0.39 is 0 Å². The van der Waals surface area contributed by atoms with Crippen LogP contribution in [0.1, 0.15) is 32.6 Å². The molecule has 104 valence electrons. The number of ether oxygens (including phenoxy) is 1. The van der Waals surface area contributed by atoms with Crippen molar-refractivity contribution in [1.29, 1.82) is 0 Å². The first-order chi connectivity index (χ1) is 8.70. The van der Waals surface area contributed by atoms with E-state index in [-0.39, 0.29) is 24.7 Å². The molecule has 5 nitrogen and oxygen atoms in total. The number of nitrogens with one attached hydrogen (secondary N) is 1. The van der Waals surface area contributed by atoms with Crippen LogP contribution in [-0.4, -0.2) is 60.4 Å². The molecule has 5 heteroatoms. The van der Waals surface area contributed by atoms with Crippen molar-refractivity contribution in [3.8, 4) is 0 Å². The maximum absolute atomic E-state index is 12.3. The standard InChI is InChI=1S/C13H24N2O3/c1-10-4-5-12(18-10)13(17)15(7-8-16)9-11-3-2-6-14-11/h10-12,14,16H,2-9H2,1H3. The molecule has 0 aliphatic carbocycles. The van der Waals surface area contributed by atoms with Crippen LogP contribution >= 0.6 is 0 Å². The van der Waals surface area contributed by atoms with Crippen LogP contribution in [0.5, 0.6) is 0 Å². The van der Waals surface area contributed by atoms with Crippen LogP contribution in [0.3, 0.4) is 0 Å². The van der Waals surface area contributed by atoms with Crippen molar-refractivity contribution in [2.45, 2.75) is 50.9 Å². The van der Waals surface area contributed by atoms with Crippen molar-refractivity contribution in [3.63, 3.8) is 0 Å². The minimum atomic E-state index is -0.298. The highest BCUT2D eigenvalue weighted by atomic mass is 16.5. The summed E-state index contributed by atoms with van der Waals surface area (Å²) in [6.45, 7) is 4.14. The zero-order chi connectivity index (χ0) is 13.0. The Hall–Kier alpha value is -0.650. The van der Waals surface area contributed by atoms with Gasteiger partial charge in [0.15, 0.2) is 0 Å². The molecule has 18 heavy (non-hydrogen) atoms. The normalized spacial score (nSPS) is 31.8. The molecule has 2 aliphatic heterocycles. The summed E-state index contributed by atoms with van der Waals surface area (Å²) in [5.41, 5.74) is 0. The number of carbonyl (C=O) groups excluding carboxylic acids is 1. The van der Waals surface area contributed by atoms with Gasteiger partial charge in [-0.3, -0.25) is 4.79 Å². The summed E-state index contributed by atoms with van der Waals surface area (Å²) in [6, 6.07) is 0.374. The number of aliphatic hydroxyl groups excluding tert-OH is 1. The Kier molecular flexibility index (Phi) is 4.97. The second-order valence-corrected chi connectivity index (χ2v) is 5.31. The first kappa shape index (κ1) is 13.8. The quantitative estimate of drug-likeness (QED) is 0.734. The van der Waals surface area contributed by atoms with Crippen molar-refractivity contribution in [1.82, 2.24) is 10.2 Å². The number of rotatable bonds is 5. The highest BCUT2D eigenvalue weighted by Crippen LogP contribution is 2.21. The smallest absolute Gasteiger partial charge is 0.251 e. The number of aliphatic hydroxyl groups is 1. The summed E-state index contributed by atoms with van der Waals surface area (Å²) in [5.74, 6) is 0.0436. The summed E-state index contributed by atoms with van der Waals surface area (Å²) < 4.78 is 5.62. The second kappa shape index (κ2) is 6.50. The van der Waals surface area contributed by atoms with E-state index in [1.165, 1.54) is 6.42 Å². The third-order valence-corrected chi connectivity index (χ3v) is 3.79. The summed E-state index contributed by atoms with van der Waals surface area (Å²) in [5, 5.41) is 12.5. The predicted octanol–water partition coefficient (Wildman–Crippen LogP) is 0.127. The molecule has 3 unspecified atom stereocenters. The van der Waals surface area contributed by atoms with Crippen LogP contribution in [0, 0.1) is 0 Å². The summed E-state index contributed by atoms with van der Waals surface area (Å²) in [7, 11) is 0. The fraction of sp³-hybridized carbons (Fsp3) is 0.923. The van der Waals surface area contributed by atoms with E-state index in [0.29, 0.717) is 19.1 Å². The molecule has 1 amide bonds. The molecule has 2 rings (SSSR count). The molecular formula is C13H24N2O3. The lowest BCUT2D eigenvalue weighted by molar-refractivity contribution is -0.143. The van der Waals surface area contributed by atoms with Gasteiger partial charge < -0.3 is 20.1 Å². The molecule has 2 saturated heterocycles. The SMILES string of the molecule is CC1CCC(C(=O)N(CCO)CC2CCCN2)O1. The van der Waals surface area contributed by atoms with Crippen LogP contribution in [0.25, 0.3) is 0 Å². The Morgan fingerprint density at radius 3 is 2.83 bits per heavy atom. The molecule has 3 atom stereocenters. The van der Waals surface area contributed by atoms with Crippen LogP contribution in [0.2, 0.25) is 0 Å². The Bertz CT molecular complexity index is 279. The molecule has 0 spiro atoms. The average molecular weight is 256 g/mol. The molecule has 2 fully saturated rings. The van der Waals surface area contributed by atoms with Crippen molar-refractivity contribution in [3.05, 3.63) is 0 Å². The molecule has 0 saturated carbocycles. The molecular weight excluding hydrogens is 232 g/mol. The van der Waals surface area contributed by atoms with Gasteiger partial charge in [0, 0.05) is 19.1 Å². The molecule has 2 aliphatic rings. The summed E-state index contributed by atoms with van der Waals surface area (Å²) >= 11 is 0. The van der Waals surface area contributed by atoms with Gasteiger partial charge in [-0.15, -0.1) is 0 Å². The van der Waals surface area contributed by atoms with E-state index in [1.807, 2.05) is 6.92 Å².